The van der Waals surface area contributed by atoms with Crippen molar-refractivity contribution in [2.75, 3.05) is 25.4 Å². The van der Waals surface area contributed by atoms with Gasteiger partial charge in [0.2, 0.25) is 0 Å². The van der Waals surface area contributed by atoms with Gasteiger partial charge in [-0.3, -0.25) is 4.90 Å². The van der Waals surface area contributed by atoms with Gasteiger partial charge in [0, 0.05) is 25.3 Å². The summed E-state index contributed by atoms with van der Waals surface area (Å²) in [6, 6.07) is 12.2. The number of anilines is 1. The molecular formula is C17H19FN2O. The Labute approximate surface area is 124 Å². The molecule has 0 amide bonds. The van der Waals surface area contributed by atoms with Crippen molar-refractivity contribution in [1.29, 1.82) is 0 Å². The van der Waals surface area contributed by atoms with Crippen LogP contribution in [0.3, 0.4) is 0 Å². The number of hydrogen-bond acceptors (Lipinski definition) is 3. The summed E-state index contributed by atoms with van der Waals surface area (Å²) in [7, 11) is 0. The van der Waals surface area contributed by atoms with Crippen molar-refractivity contribution >= 4 is 5.69 Å². The van der Waals surface area contributed by atoms with Crippen LogP contribution in [0.4, 0.5) is 10.1 Å². The summed E-state index contributed by atoms with van der Waals surface area (Å²) in [6.07, 6.45) is 1.02. The van der Waals surface area contributed by atoms with Crippen molar-refractivity contribution < 1.29 is 9.13 Å². The molecule has 0 fully saturated rings. The Bertz CT molecular complexity index is 613. The standard InChI is InChI=1S/C17H19FN2O/c18-14-4-6-15(7-5-14)21-11-10-20-9-8-13-2-1-3-17(19)16(13)12-20/h1-7H,8-12,19H2. The Morgan fingerprint density at radius 1 is 1.14 bits per heavy atom. The molecule has 0 aliphatic carbocycles. The summed E-state index contributed by atoms with van der Waals surface area (Å²) in [5.41, 5.74) is 9.51. The maximum absolute atomic E-state index is 12.8. The Morgan fingerprint density at radius 2 is 1.95 bits per heavy atom. The second-order valence-electron chi connectivity index (χ2n) is 5.31. The van der Waals surface area contributed by atoms with Crippen molar-refractivity contribution in [2.24, 2.45) is 0 Å². The minimum Gasteiger partial charge on any atom is -0.492 e. The molecule has 0 saturated carbocycles. The lowest BCUT2D eigenvalue weighted by Crippen LogP contribution is -2.34. The van der Waals surface area contributed by atoms with Crippen LogP contribution in [0, 0.1) is 5.82 Å². The van der Waals surface area contributed by atoms with Crippen LogP contribution in [-0.4, -0.2) is 24.6 Å². The zero-order valence-corrected chi connectivity index (χ0v) is 11.9. The average molecular weight is 286 g/mol. The van der Waals surface area contributed by atoms with Gasteiger partial charge in [-0.1, -0.05) is 12.1 Å². The molecule has 0 radical (unpaired) electrons. The van der Waals surface area contributed by atoms with E-state index in [0.717, 1.165) is 31.7 Å². The highest BCUT2D eigenvalue weighted by molar-refractivity contribution is 5.51. The maximum atomic E-state index is 12.8. The molecule has 4 heteroatoms. The highest BCUT2D eigenvalue weighted by atomic mass is 19.1. The minimum atomic E-state index is -0.245. The lowest BCUT2D eigenvalue weighted by Gasteiger charge is -2.29. The maximum Gasteiger partial charge on any atom is 0.123 e. The number of halogens is 1. The molecule has 2 N–H and O–H groups in total. The van der Waals surface area contributed by atoms with Gasteiger partial charge in [0.1, 0.15) is 18.2 Å². The van der Waals surface area contributed by atoms with Gasteiger partial charge >= 0.3 is 0 Å². The predicted octanol–water partition coefficient (Wildman–Crippen LogP) is 2.85. The third kappa shape index (κ3) is 3.34. The molecule has 0 spiro atoms. The van der Waals surface area contributed by atoms with E-state index in [2.05, 4.69) is 11.0 Å². The van der Waals surface area contributed by atoms with Gasteiger partial charge in [-0.15, -0.1) is 0 Å². The second-order valence-corrected chi connectivity index (χ2v) is 5.31. The fourth-order valence-corrected chi connectivity index (χ4v) is 2.68. The molecule has 0 aromatic heterocycles. The van der Waals surface area contributed by atoms with Crippen LogP contribution in [0.25, 0.3) is 0 Å². The summed E-state index contributed by atoms with van der Waals surface area (Å²) < 4.78 is 18.4. The molecule has 1 heterocycles. The number of rotatable bonds is 4. The largest absolute Gasteiger partial charge is 0.492 e. The van der Waals surface area contributed by atoms with E-state index >= 15 is 0 Å². The summed E-state index contributed by atoms with van der Waals surface area (Å²) in [5, 5.41) is 0. The van der Waals surface area contributed by atoms with E-state index in [9.17, 15) is 4.39 Å². The zero-order valence-electron chi connectivity index (χ0n) is 11.9. The average Bonchev–Trinajstić information content (AvgIpc) is 2.50. The first-order valence-electron chi connectivity index (χ1n) is 7.19. The molecule has 110 valence electrons. The summed E-state index contributed by atoms with van der Waals surface area (Å²) in [6.45, 7) is 3.32. The lowest BCUT2D eigenvalue weighted by molar-refractivity contribution is 0.196. The molecule has 0 saturated heterocycles. The Morgan fingerprint density at radius 3 is 2.76 bits per heavy atom. The van der Waals surface area contributed by atoms with Crippen LogP contribution < -0.4 is 10.5 Å². The topological polar surface area (TPSA) is 38.5 Å². The van der Waals surface area contributed by atoms with Crippen LogP contribution in [-0.2, 0) is 13.0 Å². The van der Waals surface area contributed by atoms with E-state index in [0.29, 0.717) is 12.4 Å². The fraction of sp³-hybridized carbons (Fsp3) is 0.294. The number of ether oxygens (including phenoxy) is 1. The number of nitrogens with two attached hydrogens (primary N) is 1. The van der Waals surface area contributed by atoms with Crippen molar-refractivity contribution in [3.8, 4) is 5.75 Å². The first kappa shape index (κ1) is 13.9. The molecule has 2 aromatic carbocycles. The van der Waals surface area contributed by atoms with E-state index in [1.54, 1.807) is 12.1 Å². The summed E-state index contributed by atoms with van der Waals surface area (Å²) >= 11 is 0. The number of nitrogen functional groups attached to an aromatic ring is 1. The molecule has 0 atom stereocenters. The van der Waals surface area contributed by atoms with Gasteiger partial charge in [0.25, 0.3) is 0 Å². The molecule has 3 rings (SSSR count). The van der Waals surface area contributed by atoms with Crippen molar-refractivity contribution in [2.45, 2.75) is 13.0 Å². The van der Waals surface area contributed by atoms with Gasteiger partial charge < -0.3 is 10.5 Å². The Hall–Kier alpha value is -2.07. The summed E-state index contributed by atoms with van der Waals surface area (Å²) in [4.78, 5) is 2.34. The molecule has 21 heavy (non-hydrogen) atoms. The molecular weight excluding hydrogens is 267 g/mol. The second kappa shape index (κ2) is 6.14. The molecule has 0 unspecified atom stereocenters. The van der Waals surface area contributed by atoms with Gasteiger partial charge in [-0.05, 0) is 47.9 Å². The number of nitrogens with zero attached hydrogens (tertiary/aromatic N) is 1. The molecule has 2 aromatic rings. The van der Waals surface area contributed by atoms with E-state index in [-0.39, 0.29) is 5.82 Å². The third-order valence-electron chi connectivity index (χ3n) is 3.88. The van der Waals surface area contributed by atoms with E-state index < -0.39 is 0 Å². The number of fused-ring (bicyclic) bond motifs is 1. The van der Waals surface area contributed by atoms with Crippen LogP contribution in [0.5, 0.6) is 5.75 Å². The molecule has 3 nitrogen and oxygen atoms in total. The number of hydrogen-bond donors (Lipinski definition) is 1. The molecule has 1 aliphatic rings. The fourth-order valence-electron chi connectivity index (χ4n) is 2.68. The van der Waals surface area contributed by atoms with Gasteiger partial charge in [-0.25, -0.2) is 4.39 Å². The SMILES string of the molecule is Nc1cccc2c1CN(CCOc1ccc(F)cc1)CC2. The predicted molar refractivity (Wildman–Crippen MR) is 81.7 cm³/mol. The first-order valence-corrected chi connectivity index (χ1v) is 7.19. The van der Waals surface area contributed by atoms with Crippen molar-refractivity contribution in [3.05, 3.63) is 59.4 Å². The highest BCUT2D eigenvalue weighted by Crippen LogP contribution is 2.24. The van der Waals surface area contributed by atoms with Gasteiger partial charge in [0.15, 0.2) is 0 Å². The van der Waals surface area contributed by atoms with Gasteiger partial charge in [0.05, 0.1) is 0 Å². The zero-order chi connectivity index (χ0) is 14.7. The van der Waals surface area contributed by atoms with Crippen LogP contribution in [0.15, 0.2) is 42.5 Å². The highest BCUT2D eigenvalue weighted by Gasteiger charge is 2.17. The lowest BCUT2D eigenvalue weighted by atomic mass is 9.98. The Kier molecular flexibility index (Phi) is 4.06. The first-order chi connectivity index (χ1) is 10.2. The Balaban J connectivity index is 1.53. The minimum absolute atomic E-state index is 0.245. The van der Waals surface area contributed by atoms with E-state index in [1.807, 2.05) is 12.1 Å². The van der Waals surface area contributed by atoms with Crippen molar-refractivity contribution in [1.82, 2.24) is 4.90 Å². The van der Waals surface area contributed by atoms with Gasteiger partial charge in [-0.2, -0.15) is 0 Å². The van der Waals surface area contributed by atoms with Crippen LogP contribution >= 0.6 is 0 Å². The van der Waals surface area contributed by atoms with E-state index in [1.165, 1.54) is 23.3 Å². The normalized spacial score (nSPS) is 14.7. The van der Waals surface area contributed by atoms with Crippen molar-refractivity contribution in [3.63, 3.8) is 0 Å². The number of benzene rings is 2. The third-order valence-corrected chi connectivity index (χ3v) is 3.88. The molecule has 0 bridgehead atoms. The smallest absolute Gasteiger partial charge is 0.123 e. The summed E-state index contributed by atoms with van der Waals surface area (Å²) in [5.74, 6) is 0.457. The van der Waals surface area contributed by atoms with E-state index in [4.69, 9.17) is 10.5 Å². The molecule has 1 aliphatic heterocycles. The quantitative estimate of drug-likeness (QED) is 0.878. The monoisotopic (exact) mass is 286 g/mol. The van der Waals surface area contributed by atoms with Crippen LogP contribution in [0.1, 0.15) is 11.1 Å². The van der Waals surface area contributed by atoms with Crippen LogP contribution in [0.2, 0.25) is 0 Å².